The van der Waals surface area contributed by atoms with Crippen LogP contribution in [-0.4, -0.2) is 11.1 Å². The average molecular weight is 270 g/mol. The highest BCUT2D eigenvalue weighted by Gasteiger charge is 2.33. The normalized spacial score (nSPS) is 16.9. The summed E-state index contributed by atoms with van der Waals surface area (Å²) in [5, 5.41) is 8.89. The number of hydrogen-bond donors (Lipinski definition) is 0. The lowest BCUT2D eigenvalue weighted by molar-refractivity contribution is -0.141. The molecule has 0 aromatic carbocycles. The zero-order chi connectivity index (χ0) is 13.9. The van der Waals surface area contributed by atoms with E-state index in [-0.39, 0.29) is 17.5 Å². The molecular weight excluding hydrogens is 257 g/mol. The van der Waals surface area contributed by atoms with Crippen molar-refractivity contribution in [1.29, 1.82) is 5.26 Å². The lowest BCUT2D eigenvalue weighted by atomic mass is 9.98. The van der Waals surface area contributed by atoms with Gasteiger partial charge in [0.25, 0.3) is 0 Å². The molecule has 1 aliphatic carbocycles. The number of alkyl halides is 3. The molecule has 102 valence electrons. The second-order valence-electron chi connectivity index (χ2n) is 4.54. The van der Waals surface area contributed by atoms with Gasteiger partial charge in [-0.2, -0.15) is 18.4 Å². The van der Waals surface area contributed by atoms with Crippen molar-refractivity contribution in [2.45, 2.75) is 44.4 Å². The van der Waals surface area contributed by atoms with Crippen molar-refractivity contribution in [3.05, 3.63) is 23.4 Å². The van der Waals surface area contributed by atoms with Crippen molar-refractivity contribution in [2.75, 3.05) is 0 Å². The molecule has 1 aromatic heterocycles. The molecule has 1 heterocycles. The third kappa shape index (κ3) is 3.37. The van der Waals surface area contributed by atoms with Crippen molar-refractivity contribution in [3.63, 3.8) is 0 Å². The zero-order valence-electron chi connectivity index (χ0n) is 10.2. The van der Waals surface area contributed by atoms with Crippen LogP contribution in [0.25, 0.3) is 0 Å². The molecule has 1 saturated carbocycles. The van der Waals surface area contributed by atoms with Gasteiger partial charge in [0.15, 0.2) is 0 Å². The quantitative estimate of drug-likeness (QED) is 0.823. The van der Waals surface area contributed by atoms with E-state index in [0.29, 0.717) is 0 Å². The first-order valence-electron chi connectivity index (χ1n) is 6.15. The van der Waals surface area contributed by atoms with Crippen molar-refractivity contribution in [2.24, 2.45) is 0 Å². The molecule has 19 heavy (non-hydrogen) atoms. The molecule has 1 fully saturated rings. The van der Waals surface area contributed by atoms with Crippen molar-refractivity contribution in [1.82, 2.24) is 4.98 Å². The lowest BCUT2D eigenvalue weighted by Crippen LogP contribution is -2.21. The lowest BCUT2D eigenvalue weighted by Gasteiger charge is -2.23. The maximum absolute atomic E-state index is 12.6. The Bertz CT molecular complexity index is 488. The molecule has 0 aliphatic heterocycles. The van der Waals surface area contributed by atoms with E-state index in [1.165, 1.54) is 0 Å². The average Bonchev–Trinajstić information content (AvgIpc) is 2.39. The Morgan fingerprint density at radius 3 is 2.47 bits per heavy atom. The molecule has 3 nitrogen and oxygen atoms in total. The number of halogens is 3. The van der Waals surface area contributed by atoms with E-state index < -0.39 is 11.9 Å². The summed E-state index contributed by atoms with van der Waals surface area (Å²) in [6.45, 7) is 0. The smallest absolute Gasteiger partial charge is 0.433 e. The minimum absolute atomic E-state index is 0.0403. The number of nitrogens with zero attached hydrogens (tertiary/aromatic N) is 2. The summed E-state index contributed by atoms with van der Waals surface area (Å²) in [6, 6.07) is 3.71. The maximum atomic E-state index is 12.6. The molecule has 1 aliphatic rings. The number of nitriles is 1. The van der Waals surface area contributed by atoms with Crippen LogP contribution in [-0.2, 0) is 6.18 Å². The topological polar surface area (TPSA) is 45.9 Å². The molecule has 0 amide bonds. The van der Waals surface area contributed by atoms with E-state index in [4.69, 9.17) is 10.00 Å². The van der Waals surface area contributed by atoms with Gasteiger partial charge in [0.05, 0.1) is 0 Å². The van der Waals surface area contributed by atoms with E-state index in [1.54, 1.807) is 0 Å². The van der Waals surface area contributed by atoms with Crippen LogP contribution in [0.3, 0.4) is 0 Å². The molecule has 0 atom stereocenters. The Hall–Kier alpha value is -1.77. The minimum atomic E-state index is -4.53. The van der Waals surface area contributed by atoms with Crippen LogP contribution >= 0.6 is 0 Å². The van der Waals surface area contributed by atoms with Gasteiger partial charge in [-0.25, -0.2) is 4.98 Å². The van der Waals surface area contributed by atoms with Gasteiger partial charge in [0.1, 0.15) is 23.4 Å². The van der Waals surface area contributed by atoms with Gasteiger partial charge >= 0.3 is 6.18 Å². The summed E-state index contributed by atoms with van der Waals surface area (Å²) in [6.07, 6.45) is 0.0132. The Kier molecular flexibility index (Phi) is 3.93. The number of pyridine rings is 1. The van der Waals surface area contributed by atoms with Crippen molar-refractivity contribution < 1.29 is 17.9 Å². The van der Waals surface area contributed by atoms with Gasteiger partial charge < -0.3 is 4.74 Å². The summed E-state index contributed by atoms with van der Waals surface area (Å²) >= 11 is 0. The highest BCUT2D eigenvalue weighted by molar-refractivity contribution is 5.39. The molecule has 6 heteroatoms. The number of rotatable bonds is 2. The SMILES string of the molecule is N#Cc1ccc(C(F)(F)F)nc1OC1CCCCC1. The minimum Gasteiger partial charge on any atom is -0.473 e. The predicted molar refractivity (Wildman–Crippen MR) is 61.5 cm³/mol. The van der Waals surface area contributed by atoms with Crippen LogP contribution < -0.4 is 4.74 Å². The van der Waals surface area contributed by atoms with Gasteiger partial charge in [0.2, 0.25) is 5.88 Å². The van der Waals surface area contributed by atoms with Crippen LogP contribution in [0, 0.1) is 11.3 Å². The first-order chi connectivity index (χ1) is 9.00. The molecule has 0 spiro atoms. The van der Waals surface area contributed by atoms with Gasteiger partial charge in [-0.1, -0.05) is 6.42 Å². The first-order valence-corrected chi connectivity index (χ1v) is 6.15. The van der Waals surface area contributed by atoms with Crippen LogP contribution in [0.2, 0.25) is 0 Å². The molecule has 2 rings (SSSR count). The Balaban J connectivity index is 2.23. The fourth-order valence-corrected chi connectivity index (χ4v) is 2.11. The standard InChI is InChI=1S/C13H13F3N2O/c14-13(15,16)11-7-6-9(8-17)12(18-11)19-10-4-2-1-3-5-10/h6-7,10H,1-5H2. The first kappa shape index (κ1) is 13.7. The molecular formula is C13H13F3N2O. The van der Waals surface area contributed by atoms with E-state index in [0.717, 1.165) is 44.2 Å². The highest BCUT2D eigenvalue weighted by Crippen LogP contribution is 2.31. The second-order valence-corrected chi connectivity index (χ2v) is 4.54. The highest BCUT2D eigenvalue weighted by atomic mass is 19.4. The zero-order valence-corrected chi connectivity index (χ0v) is 10.2. The largest absolute Gasteiger partial charge is 0.473 e. The monoisotopic (exact) mass is 270 g/mol. The molecule has 1 aromatic rings. The number of aromatic nitrogens is 1. The Labute approximate surface area is 109 Å². The fraction of sp³-hybridized carbons (Fsp3) is 0.538. The third-order valence-electron chi connectivity index (χ3n) is 3.10. The van der Waals surface area contributed by atoms with Crippen molar-refractivity contribution >= 4 is 0 Å². The summed E-state index contributed by atoms with van der Waals surface area (Å²) in [5.41, 5.74) is -0.990. The Morgan fingerprint density at radius 1 is 1.21 bits per heavy atom. The third-order valence-corrected chi connectivity index (χ3v) is 3.10. The van der Waals surface area contributed by atoms with E-state index in [1.807, 2.05) is 6.07 Å². The summed E-state index contributed by atoms with van der Waals surface area (Å²) in [4.78, 5) is 3.44. The van der Waals surface area contributed by atoms with Crippen LogP contribution in [0.5, 0.6) is 5.88 Å². The van der Waals surface area contributed by atoms with Gasteiger partial charge in [-0.15, -0.1) is 0 Å². The summed E-state index contributed by atoms with van der Waals surface area (Å²) in [7, 11) is 0. The molecule has 0 N–H and O–H groups in total. The molecule has 0 radical (unpaired) electrons. The van der Waals surface area contributed by atoms with E-state index >= 15 is 0 Å². The number of hydrogen-bond acceptors (Lipinski definition) is 3. The van der Waals surface area contributed by atoms with Gasteiger partial charge in [0, 0.05) is 0 Å². The maximum Gasteiger partial charge on any atom is 0.433 e. The summed E-state index contributed by atoms with van der Waals surface area (Å²) in [5.74, 6) is -0.204. The van der Waals surface area contributed by atoms with Crippen LogP contribution in [0.15, 0.2) is 12.1 Å². The molecule has 0 unspecified atom stereocenters. The van der Waals surface area contributed by atoms with Crippen LogP contribution in [0.1, 0.15) is 43.4 Å². The Morgan fingerprint density at radius 2 is 1.89 bits per heavy atom. The van der Waals surface area contributed by atoms with Gasteiger partial charge in [-0.3, -0.25) is 0 Å². The molecule has 0 saturated heterocycles. The molecule has 0 bridgehead atoms. The summed E-state index contributed by atoms with van der Waals surface area (Å²) < 4.78 is 43.2. The van der Waals surface area contributed by atoms with Gasteiger partial charge in [-0.05, 0) is 37.8 Å². The van der Waals surface area contributed by atoms with Crippen LogP contribution in [0.4, 0.5) is 13.2 Å². The fourth-order valence-electron chi connectivity index (χ4n) is 2.11. The van der Waals surface area contributed by atoms with Crippen molar-refractivity contribution in [3.8, 4) is 11.9 Å². The van der Waals surface area contributed by atoms with E-state index in [2.05, 4.69) is 4.98 Å². The van der Waals surface area contributed by atoms with E-state index in [9.17, 15) is 13.2 Å². The second kappa shape index (κ2) is 5.47. The predicted octanol–water partition coefficient (Wildman–Crippen LogP) is 3.68. The number of ether oxygens (including phenoxy) is 1.